The first kappa shape index (κ1) is 16.1. The van der Waals surface area contributed by atoms with Gasteiger partial charge in [-0.15, -0.1) is 11.8 Å². The molecular weight excluding hydrogens is 324 g/mol. The second-order valence-corrected chi connectivity index (χ2v) is 5.90. The van der Waals surface area contributed by atoms with Crippen LogP contribution >= 0.6 is 11.8 Å². The van der Waals surface area contributed by atoms with Gasteiger partial charge in [-0.1, -0.05) is 0 Å². The van der Waals surface area contributed by atoms with Crippen molar-refractivity contribution in [2.75, 3.05) is 18.2 Å². The molecule has 1 amide bonds. The standard InChI is InChI=1S/C17H16N4O2S/c1-23-13-3-5-14(6-4-13)24-12-17(22)20-15-11-18-9-7-16(15)21-10-2-8-19-21/h2-11H,12H2,1H3,(H,20,22). The quantitative estimate of drug-likeness (QED) is 0.699. The Labute approximate surface area is 143 Å². The SMILES string of the molecule is COc1ccc(SCC(=O)Nc2cnccc2-n2cccn2)cc1. The maximum Gasteiger partial charge on any atom is 0.234 e. The molecule has 0 atom stereocenters. The Morgan fingerprint density at radius 3 is 2.79 bits per heavy atom. The van der Waals surface area contributed by atoms with Crippen LogP contribution in [-0.2, 0) is 4.79 Å². The summed E-state index contributed by atoms with van der Waals surface area (Å²) in [6.07, 6.45) is 6.79. The highest BCUT2D eigenvalue weighted by molar-refractivity contribution is 8.00. The Morgan fingerprint density at radius 2 is 2.08 bits per heavy atom. The fourth-order valence-corrected chi connectivity index (χ4v) is 2.80. The minimum Gasteiger partial charge on any atom is -0.497 e. The van der Waals surface area contributed by atoms with Crippen molar-refractivity contribution in [3.05, 3.63) is 61.2 Å². The highest BCUT2D eigenvalue weighted by Crippen LogP contribution is 2.22. The first-order chi connectivity index (χ1) is 11.8. The molecule has 24 heavy (non-hydrogen) atoms. The molecule has 0 fully saturated rings. The van der Waals surface area contributed by atoms with Crippen LogP contribution in [0.5, 0.6) is 5.75 Å². The van der Waals surface area contributed by atoms with Crippen molar-refractivity contribution in [3.8, 4) is 11.4 Å². The van der Waals surface area contributed by atoms with Gasteiger partial charge in [0.25, 0.3) is 0 Å². The van der Waals surface area contributed by atoms with E-state index in [1.54, 1.807) is 36.4 Å². The summed E-state index contributed by atoms with van der Waals surface area (Å²) < 4.78 is 6.81. The van der Waals surface area contributed by atoms with E-state index in [1.807, 2.05) is 36.5 Å². The first-order valence-corrected chi connectivity index (χ1v) is 8.25. The normalized spacial score (nSPS) is 10.4. The van der Waals surface area contributed by atoms with E-state index < -0.39 is 0 Å². The average molecular weight is 340 g/mol. The highest BCUT2D eigenvalue weighted by atomic mass is 32.2. The number of methoxy groups -OCH3 is 1. The van der Waals surface area contributed by atoms with Crippen LogP contribution in [0.25, 0.3) is 5.69 Å². The van der Waals surface area contributed by atoms with Crippen molar-refractivity contribution in [2.45, 2.75) is 4.90 Å². The van der Waals surface area contributed by atoms with Crippen molar-refractivity contribution in [1.82, 2.24) is 14.8 Å². The molecule has 3 rings (SSSR count). The maximum atomic E-state index is 12.2. The van der Waals surface area contributed by atoms with Gasteiger partial charge in [0.05, 0.1) is 30.4 Å². The molecule has 6 nitrogen and oxygen atoms in total. The summed E-state index contributed by atoms with van der Waals surface area (Å²) in [6, 6.07) is 11.2. The molecule has 1 aromatic carbocycles. The molecule has 1 N–H and O–H groups in total. The number of ether oxygens (including phenoxy) is 1. The van der Waals surface area contributed by atoms with Gasteiger partial charge in [-0.25, -0.2) is 4.68 Å². The number of hydrogen-bond donors (Lipinski definition) is 1. The summed E-state index contributed by atoms with van der Waals surface area (Å²) in [5.41, 5.74) is 1.40. The van der Waals surface area contributed by atoms with E-state index >= 15 is 0 Å². The van der Waals surface area contributed by atoms with Gasteiger partial charge in [0, 0.05) is 23.5 Å². The van der Waals surface area contributed by atoms with Gasteiger partial charge in [-0.05, 0) is 36.4 Å². The lowest BCUT2D eigenvalue weighted by molar-refractivity contribution is -0.113. The molecule has 0 saturated heterocycles. The second kappa shape index (κ2) is 7.65. The van der Waals surface area contributed by atoms with Crippen molar-refractivity contribution in [3.63, 3.8) is 0 Å². The molecular formula is C17H16N4O2S. The number of aromatic nitrogens is 3. The van der Waals surface area contributed by atoms with Crippen LogP contribution in [0.2, 0.25) is 0 Å². The molecule has 3 aromatic rings. The number of nitrogens with one attached hydrogen (secondary N) is 1. The molecule has 0 bridgehead atoms. The van der Waals surface area contributed by atoms with Crippen molar-refractivity contribution in [1.29, 1.82) is 0 Å². The molecule has 0 aliphatic rings. The number of nitrogens with zero attached hydrogens (tertiary/aromatic N) is 3. The molecule has 122 valence electrons. The van der Waals surface area contributed by atoms with Crippen molar-refractivity contribution >= 4 is 23.4 Å². The van der Waals surface area contributed by atoms with E-state index in [9.17, 15) is 4.79 Å². The van der Waals surface area contributed by atoms with Crippen LogP contribution in [-0.4, -0.2) is 33.5 Å². The summed E-state index contributed by atoms with van der Waals surface area (Å²) in [5, 5.41) is 7.07. The molecule has 0 saturated carbocycles. The fraction of sp³-hybridized carbons (Fsp3) is 0.118. The minimum absolute atomic E-state index is 0.0998. The number of pyridine rings is 1. The third-order valence-corrected chi connectivity index (χ3v) is 4.26. The molecule has 2 heterocycles. The number of thioether (sulfide) groups is 1. The number of rotatable bonds is 6. The topological polar surface area (TPSA) is 69.0 Å². The summed E-state index contributed by atoms with van der Waals surface area (Å²) >= 11 is 1.46. The van der Waals surface area contributed by atoms with E-state index in [0.717, 1.165) is 16.3 Å². The van der Waals surface area contributed by atoms with Crippen molar-refractivity contribution in [2.24, 2.45) is 0 Å². The Hall–Kier alpha value is -2.80. The zero-order valence-corrected chi connectivity index (χ0v) is 13.9. The largest absolute Gasteiger partial charge is 0.497 e. The molecule has 0 aliphatic heterocycles. The predicted molar refractivity (Wildman–Crippen MR) is 93.7 cm³/mol. The van der Waals surface area contributed by atoms with Crippen LogP contribution in [0.1, 0.15) is 0 Å². The van der Waals surface area contributed by atoms with Crippen LogP contribution in [0.4, 0.5) is 5.69 Å². The van der Waals surface area contributed by atoms with E-state index in [0.29, 0.717) is 11.4 Å². The van der Waals surface area contributed by atoms with Crippen LogP contribution in [0.3, 0.4) is 0 Å². The van der Waals surface area contributed by atoms with Crippen LogP contribution in [0, 0.1) is 0 Å². The maximum absolute atomic E-state index is 12.2. The number of hydrogen-bond acceptors (Lipinski definition) is 5. The minimum atomic E-state index is -0.0998. The van der Waals surface area contributed by atoms with Gasteiger partial charge < -0.3 is 10.1 Å². The van der Waals surface area contributed by atoms with E-state index in [1.165, 1.54) is 11.8 Å². The number of carbonyl (C=O) groups is 1. The van der Waals surface area contributed by atoms with Gasteiger partial charge in [0.2, 0.25) is 5.91 Å². The third-order valence-electron chi connectivity index (χ3n) is 3.25. The summed E-state index contributed by atoms with van der Waals surface area (Å²) in [7, 11) is 1.63. The first-order valence-electron chi connectivity index (χ1n) is 7.27. The van der Waals surface area contributed by atoms with E-state index in [-0.39, 0.29) is 5.91 Å². The zero-order chi connectivity index (χ0) is 16.8. The lowest BCUT2D eigenvalue weighted by Crippen LogP contribution is -2.16. The smallest absolute Gasteiger partial charge is 0.234 e. The number of anilines is 1. The number of carbonyl (C=O) groups excluding carboxylic acids is 1. The highest BCUT2D eigenvalue weighted by Gasteiger charge is 2.09. The summed E-state index contributed by atoms with van der Waals surface area (Å²) in [5.74, 6) is 1.00. The van der Waals surface area contributed by atoms with Gasteiger partial charge in [-0.3, -0.25) is 9.78 Å². The Kier molecular flexibility index (Phi) is 5.12. The molecule has 0 spiro atoms. The number of amides is 1. The van der Waals surface area contributed by atoms with E-state index in [2.05, 4.69) is 15.4 Å². The Bertz CT molecular complexity index is 804. The second-order valence-electron chi connectivity index (χ2n) is 4.86. The third kappa shape index (κ3) is 3.94. The molecule has 0 aliphatic carbocycles. The van der Waals surface area contributed by atoms with E-state index in [4.69, 9.17) is 4.74 Å². The van der Waals surface area contributed by atoms with Crippen LogP contribution in [0.15, 0.2) is 66.1 Å². The molecule has 0 radical (unpaired) electrons. The molecule has 2 aromatic heterocycles. The Balaban J connectivity index is 1.63. The van der Waals surface area contributed by atoms with Gasteiger partial charge in [0.1, 0.15) is 5.75 Å². The van der Waals surface area contributed by atoms with Gasteiger partial charge in [-0.2, -0.15) is 5.10 Å². The Morgan fingerprint density at radius 1 is 1.25 bits per heavy atom. The fourth-order valence-electron chi connectivity index (χ4n) is 2.10. The summed E-state index contributed by atoms with van der Waals surface area (Å²) in [6.45, 7) is 0. The van der Waals surface area contributed by atoms with Crippen molar-refractivity contribution < 1.29 is 9.53 Å². The summed E-state index contributed by atoms with van der Waals surface area (Å²) in [4.78, 5) is 17.3. The lowest BCUT2D eigenvalue weighted by atomic mass is 10.3. The van der Waals surface area contributed by atoms with Crippen LogP contribution < -0.4 is 10.1 Å². The molecule has 0 unspecified atom stereocenters. The zero-order valence-electron chi connectivity index (χ0n) is 13.0. The number of benzene rings is 1. The molecule has 7 heteroatoms. The van der Waals surface area contributed by atoms with Gasteiger partial charge in [0.15, 0.2) is 0 Å². The lowest BCUT2D eigenvalue weighted by Gasteiger charge is -2.10. The monoisotopic (exact) mass is 340 g/mol. The average Bonchev–Trinajstić information content (AvgIpc) is 3.15. The van der Waals surface area contributed by atoms with Gasteiger partial charge >= 0.3 is 0 Å². The predicted octanol–water partition coefficient (Wildman–Crippen LogP) is 3.01.